The van der Waals surface area contributed by atoms with Crippen molar-refractivity contribution in [3.63, 3.8) is 0 Å². The number of aliphatic hydroxyl groups is 1. The van der Waals surface area contributed by atoms with Crippen molar-refractivity contribution in [2.45, 2.75) is 88.8 Å². The molecular weight excluding hydrogens is 270 g/mol. The average Bonchev–Trinajstić information content (AvgIpc) is 2.39. The highest BCUT2D eigenvalue weighted by Crippen LogP contribution is 2.56. The summed E-state index contributed by atoms with van der Waals surface area (Å²) >= 11 is 0. The fourth-order valence-corrected chi connectivity index (χ4v) is 6.62. The SMILES string of the molecule is C=C(C)[C@H]1CC[C@@](C)(O)[C@H](NC23CC4CC(CC(C4)C2)C3)C1. The number of allylic oxidation sites excluding steroid dienone is 1. The molecule has 0 unspecified atom stereocenters. The van der Waals surface area contributed by atoms with Crippen LogP contribution in [0.5, 0.6) is 0 Å². The molecule has 0 aliphatic heterocycles. The van der Waals surface area contributed by atoms with E-state index >= 15 is 0 Å². The van der Waals surface area contributed by atoms with E-state index in [9.17, 15) is 5.11 Å². The Bertz CT molecular complexity index is 431. The van der Waals surface area contributed by atoms with Crippen LogP contribution in [0.2, 0.25) is 0 Å². The predicted octanol–water partition coefficient (Wildman–Crippen LogP) is 4.04. The fourth-order valence-electron chi connectivity index (χ4n) is 6.62. The van der Waals surface area contributed by atoms with Gasteiger partial charge in [-0.15, -0.1) is 0 Å². The Morgan fingerprint density at radius 1 is 1.05 bits per heavy atom. The standard InChI is InChI=1S/C20H33NO/c1-13(2)17-4-5-19(3,22)18(9-17)21-20-10-14-6-15(11-20)8-16(7-14)12-20/h14-18,21-22H,1,4-12H2,2-3H3/t14?,15?,16?,17-,18+,19+,20?/m0/s1. The van der Waals surface area contributed by atoms with Crippen LogP contribution in [-0.2, 0) is 0 Å². The van der Waals surface area contributed by atoms with Crippen LogP contribution in [0.15, 0.2) is 12.2 Å². The van der Waals surface area contributed by atoms with Crippen molar-refractivity contribution in [2.75, 3.05) is 0 Å². The van der Waals surface area contributed by atoms with Gasteiger partial charge in [0.05, 0.1) is 5.60 Å². The molecule has 0 radical (unpaired) electrons. The number of rotatable bonds is 3. The third-order valence-corrected chi connectivity index (χ3v) is 7.49. The van der Waals surface area contributed by atoms with Crippen LogP contribution in [0.25, 0.3) is 0 Å². The first-order chi connectivity index (χ1) is 10.4. The lowest BCUT2D eigenvalue weighted by Crippen LogP contribution is -2.65. The summed E-state index contributed by atoms with van der Waals surface area (Å²) in [5.74, 6) is 3.48. The summed E-state index contributed by atoms with van der Waals surface area (Å²) < 4.78 is 0. The van der Waals surface area contributed by atoms with Crippen molar-refractivity contribution >= 4 is 0 Å². The first kappa shape index (κ1) is 15.2. The third kappa shape index (κ3) is 2.57. The molecule has 0 amide bonds. The minimum atomic E-state index is -0.546. The highest BCUT2D eigenvalue weighted by atomic mass is 16.3. The Morgan fingerprint density at radius 3 is 2.09 bits per heavy atom. The second kappa shape index (κ2) is 5.08. The molecule has 3 atom stereocenters. The van der Waals surface area contributed by atoms with Gasteiger partial charge in [-0.2, -0.15) is 0 Å². The normalized spacial score (nSPS) is 53.7. The smallest absolute Gasteiger partial charge is 0.0772 e. The van der Waals surface area contributed by atoms with Gasteiger partial charge in [-0.25, -0.2) is 0 Å². The van der Waals surface area contributed by atoms with E-state index < -0.39 is 5.60 Å². The predicted molar refractivity (Wildman–Crippen MR) is 90.6 cm³/mol. The summed E-state index contributed by atoms with van der Waals surface area (Å²) in [6.07, 6.45) is 11.6. The Labute approximate surface area is 135 Å². The van der Waals surface area contributed by atoms with Gasteiger partial charge in [0.2, 0.25) is 0 Å². The zero-order valence-electron chi connectivity index (χ0n) is 14.4. The Hall–Kier alpha value is -0.340. The zero-order chi connectivity index (χ0) is 15.5. The maximum atomic E-state index is 10.9. The molecule has 0 aromatic rings. The average molecular weight is 303 g/mol. The van der Waals surface area contributed by atoms with Crippen molar-refractivity contribution < 1.29 is 5.11 Å². The number of nitrogens with one attached hydrogen (secondary N) is 1. The fraction of sp³-hybridized carbons (Fsp3) is 0.900. The van der Waals surface area contributed by atoms with Gasteiger partial charge in [0.25, 0.3) is 0 Å². The summed E-state index contributed by atoms with van der Waals surface area (Å²) in [7, 11) is 0. The van der Waals surface area contributed by atoms with Crippen LogP contribution in [0.4, 0.5) is 0 Å². The van der Waals surface area contributed by atoms with E-state index in [0.717, 1.165) is 37.0 Å². The molecule has 2 N–H and O–H groups in total. The zero-order valence-corrected chi connectivity index (χ0v) is 14.4. The molecule has 22 heavy (non-hydrogen) atoms. The summed E-state index contributed by atoms with van der Waals surface area (Å²) in [5.41, 5.74) is 1.10. The van der Waals surface area contributed by atoms with Gasteiger partial charge in [0.15, 0.2) is 0 Å². The van der Waals surface area contributed by atoms with Crippen molar-refractivity contribution in [1.29, 1.82) is 0 Å². The van der Waals surface area contributed by atoms with Crippen LogP contribution in [-0.4, -0.2) is 22.3 Å². The first-order valence-electron chi connectivity index (χ1n) is 9.51. The van der Waals surface area contributed by atoms with Crippen molar-refractivity contribution in [1.82, 2.24) is 5.32 Å². The van der Waals surface area contributed by atoms with Crippen molar-refractivity contribution in [2.24, 2.45) is 23.7 Å². The van der Waals surface area contributed by atoms with E-state index in [-0.39, 0.29) is 6.04 Å². The maximum Gasteiger partial charge on any atom is 0.0772 e. The van der Waals surface area contributed by atoms with Gasteiger partial charge >= 0.3 is 0 Å². The second-order valence-corrected chi connectivity index (χ2v) is 9.57. The summed E-state index contributed by atoms with van der Waals surface area (Å²) in [4.78, 5) is 0. The van der Waals surface area contributed by atoms with Gasteiger partial charge < -0.3 is 10.4 Å². The molecule has 0 aromatic heterocycles. The van der Waals surface area contributed by atoms with E-state index in [1.807, 2.05) is 0 Å². The molecule has 0 saturated heterocycles. The van der Waals surface area contributed by atoms with Crippen LogP contribution >= 0.6 is 0 Å². The molecule has 0 aromatic carbocycles. The minimum Gasteiger partial charge on any atom is -0.389 e. The van der Waals surface area contributed by atoms with Gasteiger partial charge in [0.1, 0.15) is 0 Å². The summed E-state index contributed by atoms with van der Waals surface area (Å²) in [6, 6.07) is 0.249. The van der Waals surface area contributed by atoms with E-state index in [1.54, 1.807) is 0 Å². The molecule has 2 nitrogen and oxygen atoms in total. The molecule has 5 rings (SSSR count). The maximum absolute atomic E-state index is 10.9. The number of hydrogen-bond acceptors (Lipinski definition) is 2. The van der Waals surface area contributed by atoms with E-state index in [0.29, 0.717) is 11.5 Å². The number of hydrogen-bond donors (Lipinski definition) is 2. The van der Waals surface area contributed by atoms with Crippen LogP contribution in [0.1, 0.15) is 71.6 Å². The topological polar surface area (TPSA) is 32.3 Å². The Kier molecular flexibility index (Phi) is 3.51. The molecule has 5 aliphatic carbocycles. The summed E-state index contributed by atoms with van der Waals surface area (Å²) in [6.45, 7) is 8.39. The lowest BCUT2D eigenvalue weighted by Gasteiger charge is -2.59. The van der Waals surface area contributed by atoms with Crippen molar-refractivity contribution in [3.8, 4) is 0 Å². The van der Waals surface area contributed by atoms with E-state index in [4.69, 9.17) is 0 Å². The molecular formula is C20H33NO. The highest BCUT2D eigenvalue weighted by molar-refractivity contribution is 5.11. The third-order valence-electron chi connectivity index (χ3n) is 7.49. The molecule has 5 saturated carbocycles. The quantitative estimate of drug-likeness (QED) is 0.771. The van der Waals surface area contributed by atoms with Crippen molar-refractivity contribution in [3.05, 3.63) is 12.2 Å². The summed E-state index contributed by atoms with van der Waals surface area (Å²) in [5, 5.41) is 15.0. The van der Waals surface area contributed by atoms with Crippen LogP contribution in [0.3, 0.4) is 0 Å². The van der Waals surface area contributed by atoms with Crippen LogP contribution in [0, 0.1) is 23.7 Å². The molecule has 5 aliphatic rings. The first-order valence-corrected chi connectivity index (χ1v) is 9.51. The van der Waals surface area contributed by atoms with Gasteiger partial charge in [-0.1, -0.05) is 12.2 Å². The highest BCUT2D eigenvalue weighted by Gasteiger charge is 2.53. The second-order valence-electron chi connectivity index (χ2n) is 9.57. The largest absolute Gasteiger partial charge is 0.389 e. The van der Waals surface area contributed by atoms with Gasteiger partial charge in [-0.3, -0.25) is 0 Å². The van der Waals surface area contributed by atoms with E-state index in [1.165, 1.54) is 44.1 Å². The minimum absolute atomic E-state index is 0.249. The lowest BCUT2D eigenvalue weighted by atomic mass is 9.52. The van der Waals surface area contributed by atoms with Crippen LogP contribution < -0.4 is 5.32 Å². The Morgan fingerprint density at radius 2 is 1.59 bits per heavy atom. The molecule has 4 bridgehead atoms. The molecule has 0 heterocycles. The van der Waals surface area contributed by atoms with E-state index in [2.05, 4.69) is 25.7 Å². The molecule has 2 heteroatoms. The monoisotopic (exact) mass is 303 g/mol. The van der Waals surface area contributed by atoms with Gasteiger partial charge in [0, 0.05) is 11.6 Å². The molecule has 124 valence electrons. The molecule has 0 spiro atoms. The Balaban J connectivity index is 1.52. The lowest BCUT2D eigenvalue weighted by molar-refractivity contribution is -0.0712. The molecule has 5 fully saturated rings. The van der Waals surface area contributed by atoms with Gasteiger partial charge in [-0.05, 0) is 95.3 Å².